The molecular formula is C16H11BrCl2F3N5O. The second-order valence-corrected chi connectivity index (χ2v) is 7.45. The third-order valence-corrected chi connectivity index (χ3v) is 4.87. The molecule has 1 aromatic carbocycles. The van der Waals surface area contributed by atoms with Gasteiger partial charge in [-0.25, -0.2) is 0 Å². The molecule has 0 aliphatic rings. The van der Waals surface area contributed by atoms with Crippen molar-refractivity contribution in [2.45, 2.75) is 12.7 Å². The van der Waals surface area contributed by atoms with Crippen LogP contribution in [0, 0.1) is 0 Å². The van der Waals surface area contributed by atoms with Gasteiger partial charge in [-0.15, -0.1) is 0 Å². The minimum absolute atomic E-state index is 0.143. The number of carbonyl (C=O) groups is 1. The van der Waals surface area contributed by atoms with Gasteiger partial charge in [0.25, 0.3) is 5.91 Å². The predicted octanol–water partition coefficient (Wildman–Crippen LogP) is 5.01. The summed E-state index contributed by atoms with van der Waals surface area (Å²) in [5, 5.41) is 10.9. The molecule has 0 fully saturated rings. The van der Waals surface area contributed by atoms with Crippen LogP contribution in [-0.4, -0.2) is 25.5 Å². The van der Waals surface area contributed by atoms with Gasteiger partial charge in [0.2, 0.25) is 0 Å². The monoisotopic (exact) mass is 495 g/mol. The van der Waals surface area contributed by atoms with Crippen molar-refractivity contribution in [3.8, 4) is 0 Å². The summed E-state index contributed by atoms with van der Waals surface area (Å²) in [7, 11) is 1.25. The van der Waals surface area contributed by atoms with E-state index in [1.54, 1.807) is 24.4 Å². The van der Waals surface area contributed by atoms with Crippen molar-refractivity contribution in [3.05, 3.63) is 61.9 Å². The number of rotatable bonds is 4. The van der Waals surface area contributed by atoms with E-state index in [0.717, 1.165) is 10.2 Å². The summed E-state index contributed by atoms with van der Waals surface area (Å²) in [4.78, 5) is 12.3. The van der Waals surface area contributed by atoms with E-state index < -0.39 is 17.8 Å². The number of aromatic nitrogens is 4. The van der Waals surface area contributed by atoms with E-state index >= 15 is 0 Å². The van der Waals surface area contributed by atoms with E-state index in [2.05, 4.69) is 31.4 Å². The van der Waals surface area contributed by atoms with E-state index in [4.69, 9.17) is 23.2 Å². The number of carbonyl (C=O) groups excluding carboxylic acids is 1. The normalized spacial score (nSPS) is 11.7. The number of halogens is 6. The van der Waals surface area contributed by atoms with E-state index in [-0.39, 0.29) is 11.5 Å². The third-order valence-electron chi connectivity index (χ3n) is 3.70. The van der Waals surface area contributed by atoms with Crippen LogP contribution in [0.4, 0.5) is 19.0 Å². The summed E-state index contributed by atoms with van der Waals surface area (Å²) in [5.41, 5.74) is -0.656. The highest BCUT2D eigenvalue weighted by Crippen LogP contribution is 2.29. The van der Waals surface area contributed by atoms with Crippen molar-refractivity contribution in [1.29, 1.82) is 0 Å². The maximum absolute atomic E-state index is 12.8. The van der Waals surface area contributed by atoms with Gasteiger partial charge >= 0.3 is 6.18 Å². The number of nitrogens with zero attached hydrogens (tertiary/aromatic N) is 4. The van der Waals surface area contributed by atoms with Gasteiger partial charge in [-0.3, -0.25) is 14.2 Å². The molecule has 2 aromatic heterocycles. The van der Waals surface area contributed by atoms with Crippen LogP contribution in [0.5, 0.6) is 0 Å². The van der Waals surface area contributed by atoms with Gasteiger partial charge in [0.1, 0.15) is 5.69 Å². The summed E-state index contributed by atoms with van der Waals surface area (Å²) in [6, 6.07) is 5.70. The molecule has 0 unspecified atom stereocenters. The van der Waals surface area contributed by atoms with Gasteiger partial charge in [-0.2, -0.15) is 23.4 Å². The molecule has 0 bridgehead atoms. The van der Waals surface area contributed by atoms with Gasteiger partial charge in [0.15, 0.2) is 11.5 Å². The molecule has 0 saturated heterocycles. The molecule has 0 aliphatic carbocycles. The molecule has 0 spiro atoms. The standard InChI is InChI=1S/C16H11BrCl2F3N5O/c1-26-12(5-13(24-26)16(20,21)22)15(28)23-14-10(17)7-27(25-14)6-8-2-3-9(18)4-11(8)19/h2-5,7H,6H2,1H3,(H,23,25,28). The van der Waals surface area contributed by atoms with E-state index in [0.29, 0.717) is 27.1 Å². The van der Waals surface area contributed by atoms with Crippen molar-refractivity contribution in [1.82, 2.24) is 19.6 Å². The van der Waals surface area contributed by atoms with Gasteiger partial charge < -0.3 is 5.32 Å². The Morgan fingerprint density at radius 1 is 1.25 bits per heavy atom. The van der Waals surface area contributed by atoms with Crippen LogP contribution in [0.2, 0.25) is 10.0 Å². The lowest BCUT2D eigenvalue weighted by Crippen LogP contribution is -2.17. The van der Waals surface area contributed by atoms with Crippen LogP contribution in [0.15, 0.2) is 34.9 Å². The molecule has 0 aliphatic heterocycles. The number of amides is 1. The minimum Gasteiger partial charge on any atom is -0.303 e. The Labute approximate surface area is 175 Å². The number of nitrogens with one attached hydrogen (secondary N) is 1. The van der Waals surface area contributed by atoms with Crippen LogP contribution >= 0.6 is 39.1 Å². The van der Waals surface area contributed by atoms with Gasteiger partial charge in [-0.1, -0.05) is 29.3 Å². The Morgan fingerprint density at radius 2 is 1.96 bits per heavy atom. The lowest BCUT2D eigenvalue weighted by Gasteiger charge is -2.05. The van der Waals surface area contributed by atoms with Gasteiger partial charge in [0, 0.05) is 29.4 Å². The second kappa shape index (κ2) is 7.76. The molecule has 3 aromatic rings. The average molecular weight is 497 g/mol. The maximum Gasteiger partial charge on any atom is 0.435 e. The van der Waals surface area contributed by atoms with Crippen LogP contribution in [0.25, 0.3) is 0 Å². The molecule has 1 amide bonds. The Balaban J connectivity index is 1.78. The van der Waals surface area contributed by atoms with Crippen molar-refractivity contribution in [3.63, 3.8) is 0 Å². The first-order valence-corrected chi connectivity index (χ1v) is 9.19. The lowest BCUT2D eigenvalue weighted by molar-refractivity contribution is -0.141. The topological polar surface area (TPSA) is 64.7 Å². The Hall–Kier alpha value is -2.04. The molecule has 12 heteroatoms. The first-order chi connectivity index (χ1) is 13.0. The molecule has 28 heavy (non-hydrogen) atoms. The summed E-state index contributed by atoms with van der Waals surface area (Å²) in [6.45, 7) is 0.300. The number of benzene rings is 1. The van der Waals surface area contributed by atoms with Crippen LogP contribution in [-0.2, 0) is 19.8 Å². The van der Waals surface area contributed by atoms with Crippen molar-refractivity contribution in [2.75, 3.05) is 5.32 Å². The number of anilines is 1. The first-order valence-electron chi connectivity index (χ1n) is 7.64. The van der Waals surface area contributed by atoms with Crippen molar-refractivity contribution < 1.29 is 18.0 Å². The molecular weight excluding hydrogens is 486 g/mol. The molecule has 2 heterocycles. The summed E-state index contributed by atoms with van der Waals surface area (Å²) in [6.07, 6.45) is -3.04. The fourth-order valence-electron chi connectivity index (χ4n) is 2.38. The molecule has 1 N–H and O–H groups in total. The van der Waals surface area contributed by atoms with Crippen molar-refractivity contribution >= 4 is 50.9 Å². The second-order valence-electron chi connectivity index (χ2n) is 5.75. The fourth-order valence-corrected chi connectivity index (χ4v) is 3.26. The zero-order valence-electron chi connectivity index (χ0n) is 14.1. The van der Waals surface area contributed by atoms with E-state index in [1.807, 2.05) is 0 Å². The Morgan fingerprint density at radius 3 is 2.57 bits per heavy atom. The number of alkyl halides is 3. The molecule has 6 nitrogen and oxygen atoms in total. The summed E-state index contributed by atoms with van der Waals surface area (Å²) in [5.74, 6) is -0.634. The van der Waals surface area contributed by atoms with Gasteiger partial charge in [-0.05, 0) is 33.6 Å². The van der Waals surface area contributed by atoms with Crippen LogP contribution in [0.3, 0.4) is 0 Å². The van der Waals surface area contributed by atoms with E-state index in [9.17, 15) is 18.0 Å². The molecule has 0 saturated carbocycles. The highest BCUT2D eigenvalue weighted by molar-refractivity contribution is 9.10. The molecule has 3 rings (SSSR count). The van der Waals surface area contributed by atoms with Gasteiger partial charge in [0.05, 0.1) is 11.0 Å². The SMILES string of the molecule is Cn1nc(C(F)(F)F)cc1C(=O)Nc1nn(Cc2ccc(Cl)cc2Cl)cc1Br. The number of hydrogen-bond acceptors (Lipinski definition) is 3. The molecule has 0 atom stereocenters. The largest absolute Gasteiger partial charge is 0.435 e. The molecule has 0 radical (unpaired) electrons. The summed E-state index contributed by atoms with van der Waals surface area (Å²) >= 11 is 15.3. The Kier molecular flexibility index (Phi) is 5.74. The fraction of sp³-hybridized carbons (Fsp3) is 0.188. The predicted molar refractivity (Wildman–Crippen MR) is 102 cm³/mol. The Bertz CT molecular complexity index is 1050. The van der Waals surface area contributed by atoms with Crippen LogP contribution in [0.1, 0.15) is 21.7 Å². The highest BCUT2D eigenvalue weighted by Gasteiger charge is 2.35. The average Bonchev–Trinajstić information content (AvgIpc) is 3.13. The lowest BCUT2D eigenvalue weighted by atomic mass is 10.2. The molecule has 148 valence electrons. The minimum atomic E-state index is -4.64. The number of aryl methyl sites for hydroxylation is 1. The van der Waals surface area contributed by atoms with Crippen molar-refractivity contribution in [2.24, 2.45) is 7.05 Å². The smallest absolute Gasteiger partial charge is 0.303 e. The number of hydrogen-bond donors (Lipinski definition) is 1. The summed E-state index contributed by atoms with van der Waals surface area (Å²) < 4.78 is 41.1. The quantitative estimate of drug-likeness (QED) is 0.552. The zero-order chi connectivity index (χ0) is 20.6. The maximum atomic E-state index is 12.8. The van der Waals surface area contributed by atoms with E-state index in [1.165, 1.54) is 11.7 Å². The highest BCUT2D eigenvalue weighted by atomic mass is 79.9. The van der Waals surface area contributed by atoms with Crippen LogP contribution < -0.4 is 5.32 Å². The zero-order valence-corrected chi connectivity index (χ0v) is 17.2. The first kappa shape index (κ1) is 20.7. The third kappa shape index (κ3) is 4.50.